The van der Waals surface area contributed by atoms with Crippen molar-refractivity contribution in [1.82, 2.24) is 9.97 Å². The monoisotopic (exact) mass is 595 g/mol. The second kappa shape index (κ2) is 10.3. The largest absolute Gasteiger partial charge is 0.467 e. The van der Waals surface area contributed by atoms with Crippen LogP contribution in [-0.2, 0) is 22.0 Å². The first-order valence-corrected chi connectivity index (χ1v) is 14.8. The van der Waals surface area contributed by atoms with E-state index in [1.165, 1.54) is 13.2 Å². The van der Waals surface area contributed by atoms with Gasteiger partial charge in [-0.25, -0.2) is 4.39 Å². The van der Waals surface area contributed by atoms with Crippen LogP contribution < -0.4 is 9.64 Å². The number of anilines is 1. The van der Waals surface area contributed by atoms with Gasteiger partial charge in [0.05, 0.1) is 31.6 Å². The number of benzene rings is 1. The quantitative estimate of drug-likeness (QED) is 0.304. The van der Waals surface area contributed by atoms with E-state index in [0.717, 1.165) is 41.3 Å². The van der Waals surface area contributed by atoms with Gasteiger partial charge in [0, 0.05) is 29.6 Å². The highest BCUT2D eigenvalue weighted by Crippen LogP contribution is 2.66. The van der Waals surface area contributed by atoms with Crippen molar-refractivity contribution in [2.24, 2.45) is 5.92 Å². The maximum absolute atomic E-state index is 16.1. The highest BCUT2D eigenvalue weighted by atomic mass is 19.4. The number of halogens is 4. The molecule has 43 heavy (non-hydrogen) atoms. The van der Waals surface area contributed by atoms with E-state index in [4.69, 9.17) is 19.4 Å². The van der Waals surface area contributed by atoms with Gasteiger partial charge in [-0.3, -0.25) is 0 Å². The van der Waals surface area contributed by atoms with Crippen LogP contribution in [0.2, 0.25) is 0 Å². The Kier molecular flexibility index (Phi) is 7.11. The van der Waals surface area contributed by atoms with Crippen molar-refractivity contribution in [3.05, 3.63) is 76.0 Å². The lowest BCUT2D eigenvalue weighted by Gasteiger charge is -2.27. The smallest absolute Gasteiger partial charge is 0.416 e. The van der Waals surface area contributed by atoms with Crippen LogP contribution in [-0.4, -0.2) is 43.4 Å². The molecule has 1 aromatic heterocycles. The summed E-state index contributed by atoms with van der Waals surface area (Å²) in [5, 5.41) is 0. The lowest BCUT2D eigenvalue weighted by molar-refractivity contribution is -0.139. The third kappa shape index (κ3) is 4.71. The average molecular weight is 596 g/mol. The number of alkyl halides is 4. The number of nitrogens with zero attached hydrogens (tertiary/aromatic N) is 3. The molecule has 3 aliphatic carbocycles. The molecule has 1 atom stereocenters. The Balaban J connectivity index is 1.64. The Hall–Kier alpha value is -3.46. The number of methoxy groups -OCH3 is 1. The summed E-state index contributed by atoms with van der Waals surface area (Å²) >= 11 is 0. The van der Waals surface area contributed by atoms with Crippen LogP contribution in [0.5, 0.6) is 6.01 Å². The van der Waals surface area contributed by atoms with Gasteiger partial charge in [-0.15, -0.1) is 0 Å². The number of hydrogen-bond donors (Lipinski definition) is 0. The van der Waals surface area contributed by atoms with Crippen LogP contribution in [0.3, 0.4) is 0 Å². The second-order valence-corrected chi connectivity index (χ2v) is 12.3. The van der Waals surface area contributed by atoms with Crippen molar-refractivity contribution in [1.29, 1.82) is 0 Å². The summed E-state index contributed by atoms with van der Waals surface area (Å²) in [4.78, 5) is 11.9. The van der Waals surface area contributed by atoms with Crippen LogP contribution >= 0.6 is 0 Å². The summed E-state index contributed by atoms with van der Waals surface area (Å²) in [6.45, 7) is 16.5. The van der Waals surface area contributed by atoms with Gasteiger partial charge in [-0.05, 0) is 84.9 Å². The van der Waals surface area contributed by atoms with Crippen LogP contribution in [0, 0.1) is 12.8 Å². The number of fused-ring (bicyclic) bond motifs is 2. The zero-order valence-electron chi connectivity index (χ0n) is 25.1. The van der Waals surface area contributed by atoms with E-state index in [-0.39, 0.29) is 35.9 Å². The van der Waals surface area contributed by atoms with Gasteiger partial charge in [0.1, 0.15) is 11.5 Å². The third-order valence-corrected chi connectivity index (χ3v) is 9.17. The van der Waals surface area contributed by atoms with Crippen molar-refractivity contribution in [3.63, 3.8) is 0 Å². The molecule has 9 heteroatoms. The van der Waals surface area contributed by atoms with Crippen molar-refractivity contribution in [3.8, 4) is 6.01 Å². The molecule has 3 fully saturated rings. The Labute approximate surface area is 250 Å². The van der Waals surface area contributed by atoms with Crippen LogP contribution in [0.15, 0.2) is 36.9 Å². The first-order chi connectivity index (χ1) is 20.4. The van der Waals surface area contributed by atoms with Gasteiger partial charge >= 0.3 is 12.2 Å². The number of allylic oxidation sites excluding steroid dienone is 5. The molecular weight excluding hydrogens is 558 g/mol. The van der Waals surface area contributed by atoms with Crippen molar-refractivity contribution in [2.45, 2.75) is 63.7 Å². The molecule has 0 amide bonds. The van der Waals surface area contributed by atoms with E-state index in [1.807, 2.05) is 19.1 Å². The number of hydrogen-bond acceptors (Lipinski definition) is 5. The molecule has 2 aromatic rings. The highest BCUT2D eigenvalue weighted by Gasteiger charge is 2.59. The van der Waals surface area contributed by atoms with E-state index in [0.29, 0.717) is 48.8 Å². The maximum atomic E-state index is 16.1. The molecule has 0 radical (unpaired) electrons. The number of rotatable bonds is 7. The molecule has 6 rings (SSSR count). The predicted octanol–water partition coefficient (Wildman–Crippen LogP) is 7.98. The van der Waals surface area contributed by atoms with Crippen LogP contribution in [0.1, 0.15) is 78.6 Å². The SMILES string of the molecule is C=Cc1c(C)cc(C(F)(F)F)c(C2(F)CC2)c1C(=C)C1=C(/C=C\C)c2c(N3CCOCC(C)C3)nc(OC)nc2C12CC2. The van der Waals surface area contributed by atoms with Crippen LogP contribution in [0.4, 0.5) is 23.4 Å². The molecule has 1 spiro atoms. The van der Waals surface area contributed by atoms with E-state index < -0.39 is 22.8 Å². The van der Waals surface area contributed by atoms with Gasteiger partial charge in [-0.2, -0.15) is 23.1 Å². The molecule has 1 aromatic carbocycles. The lowest BCUT2D eigenvalue weighted by Crippen LogP contribution is -2.31. The van der Waals surface area contributed by atoms with Crippen molar-refractivity contribution >= 4 is 23.0 Å². The second-order valence-electron chi connectivity index (χ2n) is 12.3. The number of aromatic nitrogens is 2. The first kappa shape index (κ1) is 29.6. The zero-order valence-corrected chi connectivity index (χ0v) is 25.1. The Morgan fingerprint density at radius 3 is 2.51 bits per heavy atom. The van der Waals surface area contributed by atoms with Crippen molar-refractivity contribution < 1.29 is 27.0 Å². The molecule has 1 unspecified atom stereocenters. The lowest BCUT2D eigenvalue weighted by atomic mass is 9.79. The summed E-state index contributed by atoms with van der Waals surface area (Å²) in [7, 11) is 1.53. The molecule has 0 bridgehead atoms. The maximum Gasteiger partial charge on any atom is 0.416 e. The fourth-order valence-electron chi connectivity index (χ4n) is 7.00. The van der Waals surface area contributed by atoms with Crippen molar-refractivity contribution in [2.75, 3.05) is 38.3 Å². The molecule has 5 nitrogen and oxygen atoms in total. The number of ether oxygens (including phenoxy) is 2. The van der Waals surface area contributed by atoms with E-state index in [2.05, 4.69) is 25.0 Å². The normalized spacial score (nSPS) is 22.1. The standard InChI is InChI=1S/C34H37F4N3O2/c1-7-9-23-26-29(39-31(42-6)40-30(26)41-14-15-43-18-19(3)17-41)32(10-11-32)27(23)21(5)25-22(8-2)20(4)16-24(34(36,37)38)28(25)33(35)12-13-33/h7-9,16,19H,2,5,10-15,17-18H2,1,3-4,6H3/b9-7-. The van der Waals surface area contributed by atoms with Gasteiger partial charge in [0.2, 0.25) is 0 Å². The van der Waals surface area contributed by atoms with E-state index >= 15 is 4.39 Å². The minimum Gasteiger partial charge on any atom is -0.467 e. The molecule has 1 saturated heterocycles. The molecule has 228 valence electrons. The predicted molar refractivity (Wildman–Crippen MR) is 161 cm³/mol. The Bertz CT molecular complexity index is 1580. The first-order valence-electron chi connectivity index (χ1n) is 14.8. The van der Waals surface area contributed by atoms with Gasteiger partial charge in [0.15, 0.2) is 0 Å². The van der Waals surface area contributed by atoms with Crippen LogP contribution in [0.25, 0.3) is 17.2 Å². The molecule has 2 heterocycles. The average Bonchev–Trinajstić information content (AvgIpc) is 3.88. The fraction of sp³-hybridized carbons (Fsp3) is 0.471. The van der Waals surface area contributed by atoms with E-state index in [9.17, 15) is 13.2 Å². The fourth-order valence-corrected chi connectivity index (χ4v) is 7.00. The summed E-state index contributed by atoms with van der Waals surface area (Å²) in [6, 6.07) is 1.28. The van der Waals surface area contributed by atoms with Gasteiger partial charge in [-0.1, -0.05) is 38.3 Å². The Morgan fingerprint density at radius 2 is 1.93 bits per heavy atom. The molecule has 0 N–H and O–H groups in total. The highest BCUT2D eigenvalue weighted by molar-refractivity contribution is 6.03. The minimum absolute atomic E-state index is 0.0319. The molecule has 4 aliphatic rings. The Morgan fingerprint density at radius 1 is 1.21 bits per heavy atom. The minimum atomic E-state index is -4.73. The molecule has 2 saturated carbocycles. The molecule has 1 aliphatic heterocycles. The van der Waals surface area contributed by atoms with E-state index in [1.54, 1.807) is 6.92 Å². The number of aryl methyl sites for hydroxylation is 1. The summed E-state index contributed by atoms with van der Waals surface area (Å²) < 4.78 is 71.1. The topological polar surface area (TPSA) is 47.5 Å². The summed E-state index contributed by atoms with van der Waals surface area (Å²) in [6.07, 6.45) is 2.17. The third-order valence-electron chi connectivity index (χ3n) is 9.17. The zero-order chi connectivity index (χ0) is 30.9. The van der Waals surface area contributed by atoms with Gasteiger partial charge in [0.25, 0.3) is 0 Å². The summed E-state index contributed by atoms with van der Waals surface area (Å²) in [5.41, 5.74) is 0.662. The molecular formula is C34H37F4N3O2. The van der Waals surface area contributed by atoms with Gasteiger partial charge < -0.3 is 14.4 Å². The summed E-state index contributed by atoms with van der Waals surface area (Å²) in [5.74, 6) is 0.957.